The highest BCUT2D eigenvalue weighted by Crippen LogP contribution is 2.35. The summed E-state index contributed by atoms with van der Waals surface area (Å²) in [6.07, 6.45) is 4.35. The molecule has 1 aromatic rings. The Labute approximate surface area is 137 Å². The summed E-state index contributed by atoms with van der Waals surface area (Å²) in [6, 6.07) is 2.72. The van der Waals surface area contributed by atoms with Crippen molar-refractivity contribution in [2.75, 3.05) is 13.6 Å². The molecule has 0 bridgehead atoms. The summed E-state index contributed by atoms with van der Waals surface area (Å²) in [4.78, 5) is 31.7. The number of amides is 2. The van der Waals surface area contributed by atoms with Crippen LogP contribution in [0.5, 0.6) is 0 Å². The summed E-state index contributed by atoms with van der Waals surface area (Å²) in [5, 5.41) is 9.42. The van der Waals surface area contributed by atoms with Crippen molar-refractivity contribution in [3.05, 3.63) is 30.1 Å². The topological polar surface area (TPSA) is 73.7 Å². The van der Waals surface area contributed by atoms with Crippen molar-refractivity contribution in [3.8, 4) is 0 Å². The Kier molecular flexibility index (Phi) is 5.23. The first-order valence-electron chi connectivity index (χ1n) is 7.99. The number of carbonyl (C=O) groups is 2. The molecule has 0 saturated carbocycles. The zero-order valence-corrected chi connectivity index (χ0v) is 14.1. The smallest absolute Gasteiger partial charge is 0.326 e. The second-order valence-electron chi connectivity index (χ2n) is 6.72. The molecule has 1 N–H and O–H groups in total. The Morgan fingerprint density at radius 3 is 2.65 bits per heavy atom. The van der Waals surface area contributed by atoms with Gasteiger partial charge in [-0.25, -0.2) is 9.59 Å². The van der Waals surface area contributed by atoms with Crippen molar-refractivity contribution < 1.29 is 14.7 Å². The highest BCUT2D eigenvalue weighted by molar-refractivity contribution is 5.83. The summed E-state index contributed by atoms with van der Waals surface area (Å²) in [5.74, 6) is -0.751. The van der Waals surface area contributed by atoms with Crippen LogP contribution in [0.25, 0.3) is 0 Å². The minimum absolute atomic E-state index is 0.0461. The normalized spacial score (nSPS) is 22.2. The molecule has 0 aliphatic carbocycles. The summed E-state index contributed by atoms with van der Waals surface area (Å²) in [6.45, 7) is 6.36. The van der Waals surface area contributed by atoms with E-state index in [4.69, 9.17) is 0 Å². The van der Waals surface area contributed by atoms with Gasteiger partial charge in [0.15, 0.2) is 0 Å². The maximum absolute atomic E-state index is 12.9. The molecule has 2 rings (SSSR count). The fraction of sp³-hybridized carbons (Fsp3) is 0.588. The van der Waals surface area contributed by atoms with E-state index in [-0.39, 0.29) is 18.0 Å². The van der Waals surface area contributed by atoms with Gasteiger partial charge in [-0.3, -0.25) is 4.98 Å². The molecule has 2 amide bonds. The number of rotatable bonds is 4. The maximum atomic E-state index is 12.9. The Morgan fingerprint density at radius 2 is 2.13 bits per heavy atom. The average Bonchev–Trinajstić information content (AvgIpc) is 2.88. The molecular weight excluding hydrogens is 294 g/mol. The van der Waals surface area contributed by atoms with E-state index in [1.807, 2.05) is 26.0 Å². The Hall–Kier alpha value is -2.11. The molecule has 0 radical (unpaired) electrons. The molecule has 2 heterocycles. The summed E-state index contributed by atoms with van der Waals surface area (Å²) < 4.78 is 0. The summed E-state index contributed by atoms with van der Waals surface area (Å²) >= 11 is 0. The molecule has 126 valence electrons. The molecule has 1 aromatic heterocycles. The molecule has 23 heavy (non-hydrogen) atoms. The summed E-state index contributed by atoms with van der Waals surface area (Å²) in [5.41, 5.74) is 0.995. The number of nitrogens with zero attached hydrogens (tertiary/aromatic N) is 3. The van der Waals surface area contributed by atoms with E-state index in [1.54, 1.807) is 24.3 Å². The first kappa shape index (κ1) is 17.2. The van der Waals surface area contributed by atoms with Gasteiger partial charge in [0, 0.05) is 26.0 Å². The zero-order chi connectivity index (χ0) is 17.1. The lowest BCUT2D eigenvalue weighted by Crippen LogP contribution is -2.51. The van der Waals surface area contributed by atoms with Crippen molar-refractivity contribution in [2.24, 2.45) is 11.8 Å². The van der Waals surface area contributed by atoms with Crippen LogP contribution in [0.15, 0.2) is 24.5 Å². The Bertz CT molecular complexity index is 561. The second kappa shape index (κ2) is 6.98. The molecular formula is C17H25N3O3. The fourth-order valence-electron chi connectivity index (χ4n) is 3.37. The molecule has 0 unspecified atom stereocenters. The lowest BCUT2D eigenvalue weighted by atomic mass is 10.0. The van der Waals surface area contributed by atoms with Crippen LogP contribution in [0.4, 0.5) is 4.79 Å². The van der Waals surface area contributed by atoms with E-state index in [9.17, 15) is 14.7 Å². The second-order valence-corrected chi connectivity index (χ2v) is 6.72. The van der Waals surface area contributed by atoms with Crippen LogP contribution in [0.1, 0.15) is 38.8 Å². The number of aromatic nitrogens is 1. The van der Waals surface area contributed by atoms with E-state index < -0.39 is 12.0 Å². The average molecular weight is 319 g/mol. The van der Waals surface area contributed by atoms with Crippen LogP contribution < -0.4 is 0 Å². The van der Waals surface area contributed by atoms with E-state index in [2.05, 4.69) is 11.9 Å². The van der Waals surface area contributed by atoms with E-state index in [0.717, 1.165) is 12.0 Å². The highest BCUT2D eigenvalue weighted by atomic mass is 16.4. The molecule has 3 atom stereocenters. The van der Waals surface area contributed by atoms with Crippen LogP contribution in [-0.2, 0) is 4.79 Å². The van der Waals surface area contributed by atoms with E-state index >= 15 is 0 Å². The number of carbonyl (C=O) groups excluding carboxylic acids is 1. The number of hydrogen-bond donors (Lipinski definition) is 1. The number of carboxylic acids is 1. The van der Waals surface area contributed by atoms with Crippen LogP contribution in [0.2, 0.25) is 0 Å². The third kappa shape index (κ3) is 3.63. The number of carboxylic acid groups (broad SMARTS) is 1. The first-order chi connectivity index (χ1) is 10.8. The number of likely N-dealkylation sites (N-methyl/N-ethyl adjacent to an activating group) is 1. The lowest BCUT2D eigenvalue weighted by Gasteiger charge is -2.34. The number of aliphatic carboxylic acids is 1. The van der Waals surface area contributed by atoms with Crippen LogP contribution in [0.3, 0.4) is 0 Å². The maximum Gasteiger partial charge on any atom is 0.326 e. The van der Waals surface area contributed by atoms with Crippen molar-refractivity contribution in [1.29, 1.82) is 0 Å². The monoisotopic (exact) mass is 319 g/mol. The van der Waals surface area contributed by atoms with E-state index in [1.165, 1.54) is 4.90 Å². The molecule has 0 spiro atoms. The minimum atomic E-state index is -0.971. The molecule has 1 aliphatic heterocycles. The van der Waals surface area contributed by atoms with Crippen LogP contribution in [0, 0.1) is 11.8 Å². The van der Waals surface area contributed by atoms with Gasteiger partial charge in [0.2, 0.25) is 0 Å². The van der Waals surface area contributed by atoms with Crippen molar-refractivity contribution in [2.45, 2.75) is 39.3 Å². The predicted molar refractivity (Wildman–Crippen MR) is 86.9 cm³/mol. The zero-order valence-electron chi connectivity index (χ0n) is 14.1. The first-order valence-corrected chi connectivity index (χ1v) is 7.99. The third-order valence-electron chi connectivity index (χ3n) is 4.43. The Morgan fingerprint density at radius 1 is 1.43 bits per heavy atom. The number of hydrogen-bond acceptors (Lipinski definition) is 3. The van der Waals surface area contributed by atoms with Crippen molar-refractivity contribution in [1.82, 2.24) is 14.8 Å². The van der Waals surface area contributed by atoms with Crippen LogP contribution >= 0.6 is 0 Å². The number of pyridine rings is 1. The molecule has 6 heteroatoms. The number of likely N-dealkylation sites (tertiary alicyclic amines) is 1. The molecule has 1 fully saturated rings. The molecule has 0 aromatic carbocycles. The third-order valence-corrected chi connectivity index (χ3v) is 4.43. The lowest BCUT2D eigenvalue weighted by molar-refractivity contribution is -0.143. The van der Waals surface area contributed by atoms with Gasteiger partial charge in [0.05, 0.1) is 6.04 Å². The Balaban J connectivity index is 2.24. The van der Waals surface area contributed by atoms with E-state index in [0.29, 0.717) is 12.5 Å². The quantitative estimate of drug-likeness (QED) is 0.926. The minimum Gasteiger partial charge on any atom is -0.480 e. The van der Waals surface area contributed by atoms with Crippen molar-refractivity contribution in [3.63, 3.8) is 0 Å². The molecule has 1 saturated heterocycles. The molecule has 6 nitrogen and oxygen atoms in total. The van der Waals surface area contributed by atoms with Gasteiger partial charge in [-0.1, -0.05) is 26.8 Å². The fourth-order valence-corrected chi connectivity index (χ4v) is 3.37. The highest BCUT2D eigenvalue weighted by Gasteiger charge is 2.39. The number of urea groups is 1. The SMILES string of the molecule is CC(C)[C@@H](C(=O)O)N(C)C(=O)N1C[C@H](C)C[C@H]1c1cccnc1. The summed E-state index contributed by atoms with van der Waals surface area (Å²) in [7, 11) is 1.57. The van der Waals surface area contributed by atoms with Gasteiger partial charge < -0.3 is 14.9 Å². The standard InChI is InChI=1S/C17H25N3O3/c1-11(2)15(16(21)22)19(4)17(23)20-10-12(3)8-14(20)13-6-5-7-18-9-13/h5-7,9,11-12,14-15H,8,10H2,1-4H3,(H,21,22)/t12-,14+,15+/m1/s1. The largest absolute Gasteiger partial charge is 0.480 e. The van der Waals surface area contributed by atoms with Crippen molar-refractivity contribution >= 4 is 12.0 Å². The van der Waals surface area contributed by atoms with Gasteiger partial charge in [-0.2, -0.15) is 0 Å². The van der Waals surface area contributed by atoms with Crippen LogP contribution in [-0.4, -0.2) is 51.5 Å². The van der Waals surface area contributed by atoms with Gasteiger partial charge in [0.25, 0.3) is 0 Å². The van der Waals surface area contributed by atoms with Gasteiger partial charge >= 0.3 is 12.0 Å². The predicted octanol–water partition coefficient (Wildman–Crippen LogP) is 2.63. The van der Waals surface area contributed by atoms with Gasteiger partial charge in [-0.05, 0) is 29.9 Å². The molecule has 1 aliphatic rings. The van der Waals surface area contributed by atoms with Gasteiger partial charge in [0.1, 0.15) is 6.04 Å². The van der Waals surface area contributed by atoms with Gasteiger partial charge in [-0.15, -0.1) is 0 Å².